The molecule has 40 heavy (non-hydrogen) atoms. The van der Waals surface area contributed by atoms with E-state index in [4.69, 9.17) is 29.4 Å². The Morgan fingerprint density at radius 1 is 1.00 bits per heavy atom. The number of esters is 1. The van der Waals surface area contributed by atoms with Gasteiger partial charge >= 0.3 is 5.97 Å². The first kappa shape index (κ1) is 27.9. The Morgan fingerprint density at radius 3 is 2.38 bits per heavy atom. The molecule has 0 bridgehead atoms. The first-order valence-electron chi connectivity index (χ1n) is 13.7. The summed E-state index contributed by atoms with van der Waals surface area (Å²) in [5, 5.41) is 17.0. The van der Waals surface area contributed by atoms with Crippen LogP contribution >= 0.6 is 0 Å². The Balaban J connectivity index is 1.47. The van der Waals surface area contributed by atoms with Crippen molar-refractivity contribution in [2.45, 2.75) is 37.6 Å². The Labute approximate surface area is 233 Å². The summed E-state index contributed by atoms with van der Waals surface area (Å²) in [6.45, 7) is 2.33. The first-order valence-corrected chi connectivity index (χ1v) is 13.7. The lowest BCUT2D eigenvalue weighted by Crippen LogP contribution is -2.43. The van der Waals surface area contributed by atoms with Gasteiger partial charge in [-0.1, -0.05) is 6.42 Å². The smallest absolute Gasteiger partial charge is 0.310 e. The van der Waals surface area contributed by atoms with Crippen molar-refractivity contribution < 1.29 is 38.4 Å². The number of hydrogen-bond donors (Lipinski definition) is 4. The molecular weight excluding hydrogens is 518 g/mol. The number of carbonyl (C=O) groups excluding carboxylic acids is 2. The quantitative estimate of drug-likeness (QED) is 0.227. The summed E-state index contributed by atoms with van der Waals surface area (Å²) < 4.78 is 27.8. The zero-order chi connectivity index (χ0) is 28.2. The molecule has 1 saturated heterocycles. The number of amides is 1. The van der Waals surface area contributed by atoms with E-state index in [9.17, 15) is 14.7 Å². The zero-order valence-electron chi connectivity index (χ0n) is 22.9. The van der Waals surface area contributed by atoms with Gasteiger partial charge in [0.15, 0.2) is 23.0 Å². The molecule has 1 fully saturated rings. The summed E-state index contributed by atoms with van der Waals surface area (Å²) >= 11 is 0. The minimum absolute atomic E-state index is 0.0899. The van der Waals surface area contributed by atoms with Crippen molar-refractivity contribution >= 4 is 11.9 Å². The lowest BCUT2D eigenvalue weighted by atomic mass is 9.65. The van der Waals surface area contributed by atoms with E-state index in [-0.39, 0.29) is 48.4 Å². The highest BCUT2D eigenvalue weighted by Gasteiger charge is 2.53. The largest absolute Gasteiger partial charge is 0.502 e. The molecule has 4 unspecified atom stereocenters. The van der Waals surface area contributed by atoms with E-state index < -0.39 is 17.9 Å². The van der Waals surface area contributed by atoms with Crippen molar-refractivity contribution in [1.82, 2.24) is 10.6 Å². The van der Waals surface area contributed by atoms with Gasteiger partial charge in [0.1, 0.15) is 0 Å². The first-order chi connectivity index (χ1) is 19.5. The van der Waals surface area contributed by atoms with Crippen LogP contribution in [0.15, 0.2) is 24.3 Å². The Hall–Kier alpha value is -3.70. The minimum Gasteiger partial charge on any atom is -0.502 e. The van der Waals surface area contributed by atoms with E-state index in [0.717, 1.165) is 36.9 Å². The number of unbranched alkanes of at least 4 members (excludes halogenated alkanes) is 2. The molecule has 11 nitrogen and oxygen atoms in total. The van der Waals surface area contributed by atoms with Crippen LogP contribution < -0.4 is 35.3 Å². The third-order valence-electron chi connectivity index (χ3n) is 7.95. The Morgan fingerprint density at radius 2 is 1.70 bits per heavy atom. The average molecular weight is 556 g/mol. The number of nitrogens with one attached hydrogen (secondary N) is 2. The maximum Gasteiger partial charge on any atom is 0.310 e. The molecular formula is C29H37N3O8. The van der Waals surface area contributed by atoms with Gasteiger partial charge in [-0.15, -0.1) is 0 Å². The maximum absolute atomic E-state index is 13.2. The number of rotatable bonds is 12. The number of methoxy groups -OCH3 is 2. The molecule has 1 aliphatic carbocycles. The van der Waals surface area contributed by atoms with Crippen LogP contribution in [0.3, 0.4) is 0 Å². The molecule has 2 heterocycles. The molecule has 0 radical (unpaired) electrons. The summed E-state index contributed by atoms with van der Waals surface area (Å²) in [4.78, 5) is 26.3. The molecule has 1 amide bonds. The summed E-state index contributed by atoms with van der Waals surface area (Å²) in [7, 11) is 2.91. The fourth-order valence-electron chi connectivity index (χ4n) is 5.98. The van der Waals surface area contributed by atoms with Gasteiger partial charge in [0, 0.05) is 24.8 Å². The van der Waals surface area contributed by atoms with Crippen molar-refractivity contribution in [2.24, 2.45) is 17.6 Å². The standard InChI is InChI=1S/C29H37N3O8/c1-36-22-10-16(11-23(37-2)28(22)34)25-17-12-20-21(40-15-39-20)13-18(17)27(19-14-38-29(35)26(19)25)32-24(33)6-9-31-8-5-3-4-7-30/h10-13,19,25-27,31,34H,3-9,14-15,30H2,1-2H3,(H,32,33). The lowest BCUT2D eigenvalue weighted by Gasteiger charge is -2.39. The van der Waals surface area contributed by atoms with Gasteiger partial charge in [0.2, 0.25) is 18.4 Å². The number of carbonyl (C=O) groups is 2. The zero-order valence-corrected chi connectivity index (χ0v) is 22.9. The topological polar surface area (TPSA) is 151 Å². The van der Waals surface area contributed by atoms with Crippen LogP contribution in [0.5, 0.6) is 28.7 Å². The molecule has 2 aliphatic heterocycles. The highest BCUT2D eigenvalue weighted by atomic mass is 16.7. The van der Waals surface area contributed by atoms with Gasteiger partial charge in [-0.3, -0.25) is 9.59 Å². The molecule has 2 aromatic carbocycles. The number of phenols is 1. The van der Waals surface area contributed by atoms with Crippen molar-refractivity contribution in [3.8, 4) is 28.7 Å². The van der Waals surface area contributed by atoms with E-state index in [0.29, 0.717) is 36.6 Å². The third-order valence-corrected chi connectivity index (χ3v) is 7.95. The number of phenolic OH excluding ortho intramolecular Hbond substituents is 1. The van der Waals surface area contributed by atoms with Crippen LogP contribution in [-0.4, -0.2) is 64.2 Å². The molecule has 216 valence electrons. The Kier molecular flexibility index (Phi) is 8.51. The van der Waals surface area contributed by atoms with Gasteiger partial charge in [-0.2, -0.15) is 0 Å². The monoisotopic (exact) mass is 555 g/mol. The second kappa shape index (κ2) is 12.2. The van der Waals surface area contributed by atoms with E-state index in [1.54, 1.807) is 12.1 Å². The van der Waals surface area contributed by atoms with Crippen LogP contribution in [0.1, 0.15) is 54.3 Å². The summed E-state index contributed by atoms with van der Waals surface area (Å²) in [5.74, 6) is -0.348. The molecule has 5 rings (SSSR count). The number of aromatic hydroxyl groups is 1. The van der Waals surface area contributed by atoms with Crippen LogP contribution in [0, 0.1) is 11.8 Å². The predicted octanol–water partition coefficient (Wildman–Crippen LogP) is 2.34. The van der Waals surface area contributed by atoms with Crippen LogP contribution in [0.25, 0.3) is 0 Å². The van der Waals surface area contributed by atoms with E-state index in [2.05, 4.69) is 10.6 Å². The van der Waals surface area contributed by atoms with Crippen molar-refractivity contribution in [1.29, 1.82) is 0 Å². The molecule has 4 atom stereocenters. The third kappa shape index (κ3) is 5.35. The minimum atomic E-state index is -0.585. The van der Waals surface area contributed by atoms with Gasteiger partial charge < -0.3 is 45.2 Å². The molecule has 5 N–H and O–H groups in total. The van der Waals surface area contributed by atoms with E-state index in [1.807, 2.05) is 12.1 Å². The fourth-order valence-corrected chi connectivity index (χ4v) is 5.98. The fraction of sp³-hybridized carbons (Fsp3) is 0.517. The maximum atomic E-state index is 13.2. The van der Waals surface area contributed by atoms with Crippen LogP contribution in [0.4, 0.5) is 0 Å². The summed E-state index contributed by atoms with van der Waals surface area (Å²) in [6.07, 6.45) is 3.37. The van der Waals surface area contributed by atoms with Crippen molar-refractivity contribution in [2.75, 3.05) is 47.3 Å². The summed E-state index contributed by atoms with van der Waals surface area (Å²) in [5.41, 5.74) is 7.90. The van der Waals surface area contributed by atoms with Crippen molar-refractivity contribution in [3.05, 3.63) is 41.0 Å². The highest BCUT2D eigenvalue weighted by molar-refractivity contribution is 5.81. The highest BCUT2D eigenvalue weighted by Crippen LogP contribution is 2.55. The van der Waals surface area contributed by atoms with Crippen molar-refractivity contribution in [3.63, 3.8) is 0 Å². The number of benzene rings is 2. The van der Waals surface area contributed by atoms with E-state index in [1.165, 1.54) is 14.2 Å². The molecule has 2 aromatic rings. The molecule has 11 heteroatoms. The van der Waals surface area contributed by atoms with Crippen LogP contribution in [-0.2, 0) is 14.3 Å². The van der Waals surface area contributed by atoms with E-state index >= 15 is 0 Å². The number of hydrogen-bond acceptors (Lipinski definition) is 10. The molecule has 0 aromatic heterocycles. The van der Waals surface area contributed by atoms with Crippen LogP contribution in [0.2, 0.25) is 0 Å². The lowest BCUT2D eigenvalue weighted by molar-refractivity contribution is -0.141. The number of ether oxygens (including phenoxy) is 5. The van der Waals surface area contributed by atoms with Gasteiger partial charge in [0.25, 0.3) is 0 Å². The molecule has 3 aliphatic rings. The van der Waals surface area contributed by atoms with Gasteiger partial charge in [-0.25, -0.2) is 0 Å². The Bertz CT molecular complexity index is 1230. The van der Waals surface area contributed by atoms with Gasteiger partial charge in [-0.05, 0) is 66.9 Å². The molecule has 0 spiro atoms. The predicted molar refractivity (Wildman–Crippen MR) is 145 cm³/mol. The SMILES string of the molecule is COc1cc(C2c3cc4c(cc3C(NC(=O)CCNCCCCCN)C3COC(=O)C23)OCO4)cc(OC)c1O. The number of fused-ring (bicyclic) bond motifs is 3. The second-order valence-corrected chi connectivity index (χ2v) is 10.3. The molecule has 0 saturated carbocycles. The summed E-state index contributed by atoms with van der Waals surface area (Å²) in [6, 6.07) is 6.71. The average Bonchev–Trinajstić information content (AvgIpc) is 3.58. The number of nitrogens with two attached hydrogens (primary N) is 1. The normalized spacial score (nSPS) is 22.3. The number of cyclic esters (lactones) is 1. The second-order valence-electron chi connectivity index (χ2n) is 10.3. The van der Waals surface area contributed by atoms with Gasteiger partial charge in [0.05, 0.1) is 32.8 Å².